The zero-order valence-corrected chi connectivity index (χ0v) is 15.3. The van der Waals surface area contributed by atoms with Gasteiger partial charge in [0.25, 0.3) is 0 Å². The van der Waals surface area contributed by atoms with Gasteiger partial charge in [-0.15, -0.1) is 0 Å². The van der Waals surface area contributed by atoms with Gasteiger partial charge in [-0.2, -0.15) is 5.06 Å². The highest BCUT2D eigenvalue weighted by atomic mass is 16.7. The van der Waals surface area contributed by atoms with Crippen LogP contribution >= 0.6 is 0 Å². The molecule has 6 nitrogen and oxygen atoms in total. The van der Waals surface area contributed by atoms with Crippen LogP contribution in [0.3, 0.4) is 0 Å². The van der Waals surface area contributed by atoms with Crippen LogP contribution in [0, 0.1) is 29.6 Å². The molecule has 0 radical (unpaired) electrons. The predicted octanol–water partition coefficient (Wildman–Crippen LogP) is 1.72. The van der Waals surface area contributed by atoms with Gasteiger partial charge in [-0.25, -0.2) is 9.59 Å². The summed E-state index contributed by atoms with van der Waals surface area (Å²) in [6.45, 7) is 7.07. The van der Waals surface area contributed by atoms with Crippen molar-refractivity contribution in [1.82, 2.24) is 5.06 Å². The molecule has 0 aromatic carbocycles. The minimum atomic E-state index is -0.439. The van der Waals surface area contributed by atoms with Gasteiger partial charge < -0.3 is 9.47 Å². The van der Waals surface area contributed by atoms with Crippen LogP contribution in [0.2, 0.25) is 0 Å². The molecule has 6 heteroatoms. The molecule has 6 unspecified atom stereocenters. The van der Waals surface area contributed by atoms with Crippen LogP contribution in [-0.2, 0) is 23.9 Å². The number of esters is 2. The minimum Gasteiger partial charge on any atom is -0.466 e. The van der Waals surface area contributed by atoms with Crippen molar-refractivity contribution in [3.05, 3.63) is 23.3 Å². The average molecular weight is 347 g/mol. The molecule has 1 saturated heterocycles. The maximum atomic E-state index is 12.6. The molecule has 5 aliphatic rings. The molecular weight excluding hydrogens is 322 g/mol. The molecule has 0 N–H and O–H groups in total. The highest BCUT2D eigenvalue weighted by Crippen LogP contribution is 2.61. The van der Waals surface area contributed by atoms with E-state index < -0.39 is 11.9 Å². The van der Waals surface area contributed by atoms with E-state index in [1.54, 1.807) is 0 Å². The summed E-state index contributed by atoms with van der Waals surface area (Å²) in [5.41, 5.74) is 0.827. The van der Waals surface area contributed by atoms with Crippen molar-refractivity contribution < 1.29 is 23.9 Å². The Kier molecular flexibility index (Phi) is 3.64. The standard InChI is InChI=1S/C19H25NO5/c1-19(2,3)20-8-11-12-9-6-7-10(9)13(16(11)25-20)15(18(22)24-5)14(12)17(21)23-4/h6-7,9-13,16H,8H2,1-5H3. The zero-order chi connectivity index (χ0) is 18.1. The molecule has 0 spiro atoms. The Morgan fingerprint density at radius 1 is 1.04 bits per heavy atom. The largest absolute Gasteiger partial charge is 0.466 e. The van der Waals surface area contributed by atoms with Gasteiger partial charge in [0, 0.05) is 29.8 Å². The normalized spacial score (nSPS) is 38.9. The summed E-state index contributed by atoms with van der Waals surface area (Å²) in [7, 11) is 2.72. The molecule has 5 rings (SSSR count). The Bertz CT molecular complexity index is 638. The number of carbonyl (C=O) groups excluding carboxylic acids is 2. The molecule has 0 amide bonds. The van der Waals surface area contributed by atoms with Gasteiger partial charge in [0.15, 0.2) is 0 Å². The number of nitrogens with zero attached hydrogens (tertiary/aromatic N) is 1. The van der Waals surface area contributed by atoms with Crippen LogP contribution in [0.5, 0.6) is 0 Å². The second-order valence-electron chi connectivity index (χ2n) is 8.37. The maximum absolute atomic E-state index is 12.6. The van der Waals surface area contributed by atoms with Gasteiger partial charge in [0.05, 0.1) is 31.5 Å². The summed E-state index contributed by atoms with van der Waals surface area (Å²) in [6, 6.07) is 0. The number of hydrogen-bond acceptors (Lipinski definition) is 6. The van der Waals surface area contributed by atoms with Crippen molar-refractivity contribution in [2.24, 2.45) is 29.6 Å². The lowest BCUT2D eigenvalue weighted by Crippen LogP contribution is -2.58. The number of hydrogen-bond donors (Lipinski definition) is 0. The molecule has 6 atom stereocenters. The van der Waals surface area contributed by atoms with E-state index in [1.807, 2.05) is 5.06 Å². The Hall–Kier alpha value is -1.66. The fourth-order valence-electron chi connectivity index (χ4n) is 5.07. The topological polar surface area (TPSA) is 65.1 Å². The van der Waals surface area contributed by atoms with E-state index in [0.717, 1.165) is 6.54 Å². The quantitative estimate of drug-likeness (QED) is 0.560. The molecule has 1 saturated carbocycles. The van der Waals surface area contributed by atoms with Crippen molar-refractivity contribution in [2.45, 2.75) is 32.4 Å². The van der Waals surface area contributed by atoms with Crippen LogP contribution in [0.25, 0.3) is 0 Å². The summed E-state index contributed by atoms with van der Waals surface area (Å²) in [5, 5.41) is 2.00. The molecule has 0 aromatic rings. The molecule has 2 fully saturated rings. The molecule has 25 heavy (non-hydrogen) atoms. The summed E-state index contributed by atoms with van der Waals surface area (Å²) in [6.07, 6.45) is 4.20. The first-order chi connectivity index (χ1) is 11.8. The number of rotatable bonds is 2. The molecule has 1 aliphatic heterocycles. The van der Waals surface area contributed by atoms with E-state index in [0.29, 0.717) is 11.1 Å². The van der Waals surface area contributed by atoms with Crippen LogP contribution in [0.4, 0.5) is 0 Å². The van der Waals surface area contributed by atoms with Crippen molar-refractivity contribution >= 4 is 11.9 Å². The number of allylic oxidation sites excluding steroid dienone is 2. The highest BCUT2D eigenvalue weighted by Gasteiger charge is 2.64. The third-order valence-corrected chi connectivity index (χ3v) is 6.21. The molecule has 2 bridgehead atoms. The fraction of sp³-hybridized carbons (Fsp3) is 0.684. The van der Waals surface area contributed by atoms with E-state index in [-0.39, 0.29) is 41.2 Å². The third kappa shape index (κ3) is 2.16. The Morgan fingerprint density at radius 3 is 2.04 bits per heavy atom. The summed E-state index contributed by atoms with van der Waals surface area (Å²) < 4.78 is 10.1. The summed E-state index contributed by atoms with van der Waals surface area (Å²) in [5.74, 6) is -0.381. The fourth-order valence-corrected chi connectivity index (χ4v) is 5.07. The second-order valence-corrected chi connectivity index (χ2v) is 8.37. The first-order valence-electron chi connectivity index (χ1n) is 8.83. The Morgan fingerprint density at radius 2 is 1.56 bits per heavy atom. The lowest BCUT2D eigenvalue weighted by Gasteiger charge is -2.55. The van der Waals surface area contributed by atoms with Crippen LogP contribution in [-0.4, -0.2) is 49.4 Å². The van der Waals surface area contributed by atoms with Crippen LogP contribution in [0.15, 0.2) is 23.3 Å². The molecule has 0 aromatic heterocycles. The first kappa shape index (κ1) is 16.8. The average Bonchev–Trinajstić information content (AvgIpc) is 2.99. The van der Waals surface area contributed by atoms with Crippen molar-refractivity contribution in [3.8, 4) is 0 Å². The van der Waals surface area contributed by atoms with E-state index >= 15 is 0 Å². The van der Waals surface area contributed by atoms with E-state index in [4.69, 9.17) is 14.3 Å². The first-order valence-corrected chi connectivity index (χ1v) is 8.83. The number of carbonyl (C=O) groups is 2. The lowest BCUT2D eigenvalue weighted by molar-refractivity contribution is -0.214. The summed E-state index contributed by atoms with van der Waals surface area (Å²) >= 11 is 0. The van der Waals surface area contributed by atoms with Gasteiger partial charge >= 0.3 is 11.9 Å². The number of hydroxylamine groups is 2. The van der Waals surface area contributed by atoms with E-state index in [2.05, 4.69) is 32.9 Å². The minimum absolute atomic E-state index is 0.0566. The highest BCUT2D eigenvalue weighted by molar-refractivity contribution is 6.02. The Balaban J connectivity index is 1.82. The van der Waals surface area contributed by atoms with Crippen molar-refractivity contribution in [3.63, 3.8) is 0 Å². The maximum Gasteiger partial charge on any atom is 0.334 e. The predicted molar refractivity (Wildman–Crippen MR) is 89.0 cm³/mol. The second kappa shape index (κ2) is 5.42. The van der Waals surface area contributed by atoms with E-state index in [1.165, 1.54) is 14.2 Å². The smallest absolute Gasteiger partial charge is 0.334 e. The molecule has 4 aliphatic carbocycles. The molecule has 1 heterocycles. The molecule has 136 valence electrons. The van der Waals surface area contributed by atoms with Crippen LogP contribution < -0.4 is 0 Å². The van der Waals surface area contributed by atoms with E-state index in [9.17, 15) is 9.59 Å². The number of methoxy groups -OCH3 is 2. The number of ether oxygens (including phenoxy) is 2. The SMILES string of the molecule is COC(=O)C1=C(C(=O)OC)C2C3C=CC3C1C1CN(C(C)(C)C)OC12. The monoisotopic (exact) mass is 347 g/mol. The lowest BCUT2D eigenvalue weighted by atomic mass is 9.48. The van der Waals surface area contributed by atoms with Gasteiger partial charge in [-0.1, -0.05) is 12.2 Å². The summed E-state index contributed by atoms with van der Waals surface area (Å²) in [4.78, 5) is 31.4. The molecular formula is C19H25NO5. The zero-order valence-electron chi connectivity index (χ0n) is 15.3. The van der Waals surface area contributed by atoms with Gasteiger partial charge in [-0.05, 0) is 32.6 Å². The van der Waals surface area contributed by atoms with Gasteiger partial charge in [0.1, 0.15) is 0 Å². The van der Waals surface area contributed by atoms with Crippen molar-refractivity contribution in [1.29, 1.82) is 0 Å². The van der Waals surface area contributed by atoms with Crippen molar-refractivity contribution in [2.75, 3.05) is 20.8 Å². The van der Waals surface area contributed by atoms with Gasteiger partial charge in [-0.3, -0.25) is 4.84 Å². The third-order valence-electron chi connectivity index (χ3n) is 6.21. The Labute approximate surface area is 147 Å². The van der Waals surface area contributed by atoms with Gasteiger partial charge in [0.2, 0.25) is 0 Å². The van der Waals surface area contributed by atoms with Crippen LogP contribution in [0.1, 0.15) is 20.8 Å².